The third-order valence-electron chi connectivity index (χ3n) is 9.47. The Morgan fingerprint density at radius 1 is 0.707 bits per heavy atom. The van der Waals surface area contributed by atoms with Crippen molar-refractivity contribution in [1.29, 1.82) is 5.26 Å². The van der Waals surface area contributed by atoms with E-state index in [4.69, 9.17) is 47.6 Å². The minimum atomic E-state index is -0.846. The van der Waals surface area contributed by atoms with Crippen molar-refractivity contribution in [2.75, 3.05) is 26.2 Å². The van der Waals surface area contributed by atoms with Crippen LogP contribution in [0.15, 0.2) is 85.2 Å². The van der Waals surface area contributed by atoms with Crippen LogP contribution in [0.5, 0.6) is 17.2 Å². The lowest BCUT2D eigenvalue weighted by Crippen LogP contribution is -2.22. The largest absolute Gasteiger partial charge is 0.492 e. The second-order valence-corrected chi connectivity index (χ2v) is 14.5. The molecule has 0 saturated carbocycles. The van der Waals surface area contributed by atoms with Crippen molar-refractivity contribution in [2.24, 2.45) is 0 Å². The molecule has 1 heterocycles. The number of hydrogen-bond donors (Lipinski definition) is 4. The Balaban J connectivity index is 1.30. The van der Waals surface area contributed by atoms with Gasteiger partial charge >= 0.3 is 11.9 Å². The first-order chi connectivity index (χ1) is 28.0. The van der Waals surface area contributed by atoms with E-state index in [1.165, 1.54) is 6.20 Å². The smallest absolute Gasteiger partial charge is 0.303 e. The highest BCUT2D eigenvalue weighted by molar-refractivity contribution is 6.33. The minimum absolute atomic E-state index is 0.0662. The van der Waals surface area contributed by atoms with Crippen molar-refractivity contribution in [3.05, 3.63) is 129 Å². The lowest BCUT2D eigenvalue weighted by molar-refractivity contribution is -0.138. The second kappa shape index (κ2) is 21.8. The quantitative estimate of drug-likeness (QED) is 0.0492. The van der Waals surface area contributed by atoms with Gasteiger partial charge in [-0.15, -0.1) is 0 Å². The van der Waals surface area contributed by atoms with Crippen LogP contribution < -0.4 is 24.8 Å². The van der Waals surface area contributed by atoms with Crippen LogP contribution in [-0.4, -0.2) is 53.4 Å². The van der Waals surface area contributed by atoms with E-state index in [1.807, 2.05) is 36.4 Å². The molecule has 4 N–H and O–H groups in total. The SMILES string of the molecule is Cc1c(COc2cc(OCc3cncc(C#N)c3)c(CNCCCC(=O)O)cc2Cl)cccc1-c1cccc(-c2ccc(OCCNCCCC(=O)O)cc2Cl)c1C. The molecule has 0 spiro atoms. The number of carbonyl (C=O) groups is 2. The highest BCUT2D eigenvalue weighted by Crippen LogP contribution is 2.39. The zero-order valence-electron chi connectivity index (χ0n) is 32.4. The van der Waals surface area contributed by atoms with Gasteiger partial charge in [0.1, 0.15) is 43.1 Å². The molecule has 0 amide bonds. The van der Waals surface area contributed by atoms with Crippen molar-refractivity contribution in [3.63, 3.8) is 0 Å². The molecule has 0 bridgehead atoms. The molecule has 4 aromatic carbocycles. The van der Waals surface area contributed by atoms with Gasteiger partial charge in [-0.05, 0) is 103 Å². The van der Waals surface area contributed by atoms with Crippen LogP contribution in [0.25, 0.3) is 22.3 Å². The zero-order chi connectivity index (χ0) is 41.4. The fraction of sp³-hybridized carbons (Fsp3) is 0.289. The van der Waals surface area contributed by atoms with Crippen LogP contribution in [0.1, 0.15) is 59.1 Å². The highest BCUT2D eigenvalue weighted by atomic mass is 35.5. The Morgan fingerprint density at radius 2 is 1.38 bits per heavy atom. The van der Waals surface area contributed by atoms with Crippen molar-refractivity contribution in [2.45, 2.75) is 59.3 Å². The molecule has 11 nitrogen and oxygen atoms in total. The summed E-state index contributed by atoms with van der Waals surface area (Å²) >= 11 is 13.6. The third kappa shape index (κ3) is 12.4. The topological polar surface area (TPSA) is 163 Å². The van der Waals surface area contributed by atoms with E-state index in [0.717, 1.165) is 50.1 Å². The number of rotatable bonds is 22. The maximum Gasteiger partial charge on any atom is 0.303 e. The standard InChI is InChI=1S/C45H46Cl2N4O7/c1-29-33(28-58-43-22-42(57-27-32-19-31(23-48)24-51-25-32)34(20-41(43)47)26-50-16-6-12-45(54)55)7-3-8-36(29)37-9-4-10-38(30(37)2)39-14-13-35(21-40(39)46)56-18-17-49-15-5-11-44(52)53/h3-4,7-10,13-14,19-22,24-25,49-50H,5-6,11-12,15-18,26-28H2,1-2H3,(H,52,53)(H,54,55). The molecule has 5 rings (SSSR count). The molecule has 0 unspecified atom stereocenters. The maximum absolute atomic E-state index is 11.0. The molecule has 0 saturated heterocycles. The number of carboxylic acid groups (broad SMARTS) is 2. The van der Waals surface area contributed by atoms with Gasteiger partial charge in [0.2, 0.25) is 0 Å². The monoisotopic (exact) mass is 824 g/mol. The van der Waals surface area contributed by atoms with E-state index in [2.05, 4.69) is 53.7 Å². The maximum atomic E-state index is 11.0. The van der Waals surface area contributed by atoms with E-state index < -0.39 is 11.9 Å². The first-order valence-electron chi connectivity index (χ1n) is 18.9. The molecule has 0 aliphatic rings. The number of aliphatic carboxylic acids is 2. The van der Waals surface area contributed by atoms with Gasteiger partial charge in [-0.3, -0.25) is 14.6 Å². The molecule has 0 atom stereocenters. The Labute approximate surface area is 348 Å². The van der Waals surface area contributed by atoms with Crippen LogP contribution in [0, 0.1) is 25.2 Å². The molecular formula is C45H46Cl2N4O7. The highest BCUT2D eigenvalue weighted by Gasteiger charge is 2.17. The number of ether oxygens (including phenoxy) is 3. The van der Waals surface area contributed by atoms with Gasteiger partial charge in [-0.2, -0.15) is 5.26 Å². The molecule has 1 aromatic heterocycles. The fourth-order valence-corrected chi connectivity index (χ4v) is 6.89. The van der Waals surface area contributed by atoms with Gasteiger partial charge in [0.25, 0.3) is 0 Å². The molecular weight excluding hydrogens is 779 g/mol. The zero-order valence-corrected chi connectivity index (χ0v) is 34.0. The summed E-state index contributed by atoms with van der Waals surface area (Å²) in [6.45, 7) is 7.07. The Hall–Kier alpha value is -5.64. The predicted molar refractivity (Wildman–Crippen MR) is 225 cm³/mol. The van der Waals surface area contributed by atoms with Crippen LogP contribution in [0.3, 0.4) is 0 Å². The summed E-state index contributed by atoms with van der Waals surface area (Å²) in [7, 11) is 0. The second-order valence-electron chi connectivity index (χ2n) is 13.6. The fourth-order valence-electron chi connectivity index (χ4n) is 6.38. The lowest BCUT2D eigenvalue weighted by atomic mass is 9.89. The summed E-state index contributed by atoms with van der Waals surface area (Å²) in [5, 5.41) is 34.5. The number of benzene rings is 4. The van der Waals surface area contributed by atoms with Gasteiger partial charge in [0.05, 0.1) is 15.6 Å². The third-order valence-corrected chi connectivity index (χ3v) is 10.1. The number of pyridine rings is 1. The van der Waals surface area contributed by atoms with Crippen molar-refractivity contribution in [3.8, 4) is 45.6 Å². The number of aromatic nitrogens is 1. The van der Waals surface area contributed by atoms with Gasteiger partial charge in [-0.25, -0.2) is 0 Å². The molecule has 13 heteroatoms. The van der Waals surface area contributed by atoms with Gasteiger partial charge in [0.15, 0.2) is 0 Å². The molecule has 0 fully saturated rings. The number of nitrogens with zero attached hydrogens (tertiary/aromatic N) is 2. The number of nitrogens with one attached hydrogen (secondary N) is 2. The molecule has 5 aromatic rings. The summed E-state index contributed by atoms with van der Waals surface area (Å²) in [5.41, 5.74) is 9.02. The molecule has 302 valence electrons. The summed E-state index contributed by atoms with van der Waals surface area (Å²) in [5.74, 6) is -0.0258. The Kier molecular flexibility index (Phi) is 16.3. The molecule has 0 aliphatic carbocycles. The van der Waals surface area contributed by atoms with Crippen molar-refractivity contribution < 1.29 is 34.0 Å². The first kappa shape index (κ1) is 43.5. The average Bonchev–Trinajstić information content (AvgIpc) is 3.20. The predicted octanol–water partition coefficient (Wildman–Crippen LogP) is 9.16. The minimum Gasteiger partial charge on any atom is -0.492 e. The number of hydrogen-bond acceptors (Lipinski definition) is 9. The van der Waals surface area contributed by atoms with Crippen molar-refractivity contribution >= 4 is 35.1 Å². The summed E-state index contributed by atoms with van der Waals surface area (Å²) in [6, 6.07) is 25.3. The molecule has 58 heavy (non-hydrogen) atoms. The number of carboxylic acids is 2. The van der Waals surface area contributed by atoms with Gasteiger partial charge in [-0.1, -0.05) is 59.6 Å². The van der Waals surface area contributed by atoms with E-state index in [-0.39, 0.29) is 26.1 Å². The van der Waals surface area contributed by atoms with Crippen LogP contribution in [-0.2, 0) is 29.3 Å². The molecule has 0 aliphatic heterocycles. The van der Waals surface area contributed by atoms with E-state index in [1.54, 1.807) is 24.4 Å². The first-order valence-corrected chi connectivity index (χ1v) is 19.7. The summed E-state index contributed by atoms with van der Waals surface area (Å²) in [4.78, 5) is 25.8. The van der Waals surface area contributed by atoms with Gasteiger partial charge < -0.3 is 35.1 Å². The lowest BCUT2D eigenvalue weighted by Gasteiger charge is -2.18. The van der Waals surface area contributed by atoms with E-state index >= 15 is 0 Å². The Morgan fingerprint density at radius 3 is 2.09 bits per heavy atom. The Bertz CT molecular complexity index is 2260. The van der Waals surface area contributed by atoms with Crippen molar-refractivity contribution in [1.82, 2.24) is 15.6 Å². The number of halogens is 2. The normalized spacial score (nSPS) is 10.9. The van der Waals surface area contributed by atoms with Crippen LogP contribution in [0.2, 0.25) is 10.0 Å². The van der Waals surface area contributed by atoms with E-state index in [9.17, 15) is 14.9 Å². The van der Waals surface area contributed by atoms with Gasteiger partial charge in [0, 0.05) is 61.1 Å². The summed E-state index contributed by atoms with van der Waals surface area (Å²) in [6.07, 6.45) is 4.37. The number of nitriles is 1. The van der Waals surface area contributed by atoms with E-state index in [0.29, 0.717) is 78.5 Å². The summed E-state index contributed by atoms with van der Waals surface area (Å²) < 4.78 is 18.5. The van der Waals surface area contributed by atoms with Crippen LogP contribution in [0.4, 0.5) is 0 Å². The van der Waals surface area contributed by atoms with Crippen LogP contribution >= 0.6 is 23.2 Å². The average molecular weight is 826 g/mol. The molecule has 0 radical (unpaired) electrons.